The van der Waals surface area contributed by atoms with E-state index in [-0.39, 0.29) is 6.04 Å². The van der Waals surface area contributed by atoms with Gasteiger partial charge >= 0.3 is 0 Å². The molecule has 3 heteroatoms. The Kier molecular flexibility index (Phi) is 5.99. The van der Waals surface area contributed by atoms with E-state index in [2.05, 4.69) is 37.4 Å². The fourth-order valence-electron chi connectivity index (χ4n) is 2.38. The summed E-state index contributed by atoms with van der Waals surface area (Å²) < 4.78 is 5.70. The number of ether oxygens (including phenoxy) is 1. The quantitative estimate of drug-likeness (QED) is 0.823. The van der Waals surface area contributed by atoms with E-state index in [4.69, 9.17) is 4.74 Å². The molecule has 0 saturated carbocycles. The predicted octanol–water partition coefficient (Wildman–Crippen LogP) is 3.39. The van der Waals surface area contributed by atoms with Crippen molar-refractivity contribution in [2.24, 2.45) is 0 Å². The third kappa shape index (κ3) is 4.86. The minimum Gasteiger partial charge on any atom is -0.491 e. The van der Waals surface area contributed by atoms with Gasteiger partial charge in [-0.3, -0.25) is 0 Å². The number of nitrogens with one attached hydrogen (secondary N) is 1. The van der Waals surface area contributed by atoms with Crippen LogP contribution in [-0.4, -0.2) is 24.4 Å². The van der Waals surface area contributed by atoms with Crippen LogP contribution in [0.25, 0.3) is 0 Å². The minimum absolute atomic E-state index is 0.206. The number of aliphatic hydroxyl groups is 1. The maximum Gasteiger partial charge on any atom is 0.122 e. The van der Waals surface area contributed by atoms with Crippen LogP contribution in [0.3, 0.4) is 0 Å². The first kappa shape index (κ1) is 16.5. The number of hydrogen-bond donors (Lipinski definition) is 2. The molecule has 0 heterocycles. The van der Waals surface area contributed by atoms with Crippen LogP contribution in [-0.2, 0) is 0 Å². The van der Waals surface area contributed by atoms with Gasteiger partial charge in [0.15, 0.2) is 0 Å². The van der Waals surface area contributed by atoms with Crippen molar-refractivity contribution in [2.45, 2.75) is 32.9 Å². The van der Waals surface area contributed by atoms with E-state index in [1.807, 2.05) is 37.3 Å². The minimum atomic E-state index is -0.535. The molecule has 0 aliphatic rings. The first-order valence-electron chi connectivity index (χ1n) is 7.72. The van der Waals surface area contributed by atoms with Crippen LogP contribution in [0.2, 0.25) is 0 Å². The number of benzene rings is 2. The van der Waals surface area contributed by atoms with Crippen LogP contribution in [0.5, 0.6) is 5.75 Å². The molecule has 0 aliphatic heterocycles. The summed E-state index contributed by atoms with van der Waals surface area (Å²) >= 11 is 0. The summed E-state index contributed by atoms with van der Waals surface area (Å²) in [6.45, 7) is 6.96. The smallest absolute Gasteiger partial charge is 0.122 e. The molecule has 2 N–H and O–H groups in total. The third-order valence-electron chi connectivity index (χ3n) is 3.72. The lowest BCUT2D eigenvalue weighted by molar-refractivity contribution is 0.104. The Labute approximate surface area is 133 Å². The summed E-state index contributed by atoms with van der Waals surface area (Å²) in [7, 11) is 0. The lowest BCUT2D eigenvalue weighted by Gasteiger charge is -2.18. The third-order valence-corrected chi connectivity index (χ3v) is 3.72. The summed E-state index contributed by atoms with van der Waals surface area (Å²) in [6.07, 6.45) is -0.535. The van der Waals surface area contributed by atoms with Gasteiger partial charge in [0.25, 0.3) is 0 Å². The molecular formula is C19H25NO2. The second kappa shape index (κ2) is 7.97. The van der Waals surface area contributed by atoms with E-state index in [9.17, 15) is 5.11 Å². The molecule has 0 bridgehead atoms. The van der Waals surface area contributed by atoms with E-state index in [1.165, 1.54) is 11.1 Å². The molecule has 0 aromatic heterocycles. The Morgan fingerprint density at radius 1 is 1.09 bits per heavy atom. The lowest BCUT2D eigenvalue weighted by atomic mass is 10.1. The van der Waals surface area contributed by atoms with Crippen molar-refractivity contribution in [1.82, 2.24) is 5.32 Å². The first-order valence-corrected chi connectivity index (χ1v) is 7.72. The fourth-order valence-corrected chi connectivity index (χ4v) is 2.38. The van der Waals surface area contributed by atoms with Gasteiger partial charge in [-0.25, -0.2) is 0 Å². The molecule has 2 rings (SSSR count). The summed E-state index contributed by atoms with van der Waals surface area (Å²) in [6, 6.07) is 16.5. The van der Waals surface area contributed by atoms with E-state index < -0.39 is 6.10 Å². The van der Waals surface area contributed by atoms with Crippen molar-refractivity contribution in [3.63, 3.8) is 0 Å². The molecule has 0 unspecified atom stereocenters. The van der Waals surface area contributed by atoms with Gasteiger partial charge in [0.2, 0.25) is 0 Å². The summed E-state index contributed by atoms with van der Waals surface area (Å²) in [5.74, 6) is 0.834. The fraction of sp³-hybridized carbons (Fsp3) is 0.368. The second-order valence-corrected chi connectivity index (χ2v) is 5.77. The van der Waals surface area contributed by atoms with Gasteiger partial charge in [-0.15, -0.1) is 0 Å². The first-order chi connectivity index (χ1) is 10.6. The van der Waals surface area contributed by atoms with Crippen molar-refractivity contribution in [2.75, 3.05) is 13.2 Å². The van der Waals surface area contributed by atoms with Crippen LogP contribution >= 0.6 is 0 Å². The average molecular weight is 299 g/mol. The molecule has 2 atom stereocenters. The topological polar surface area (TPSA) is 41.5 Å². The van der Waals surface area contributed by atoms with Gasteiger partial charge in [0.05, 0.1) is 0 Å². The standard InChI is InChI=1S/C19H25NO2/c1-14-9-10-19(15(2)11-14)22-13-18(21)12-20-16(3)17-7-5-4-6-8-17/h4-11,16,18,20-21H,12-13H2,1-3H3/t16-,18-/m0/s1. The molecule has 3 nitrogen and oxygen atoms in total. The van der Waals surface area contributed by atoms with E-state index >= 15 is 0 Å². The van der Waals surface area contributed by atoms with Crippen LogP contribution in [0.4, 0.5) is 0 Å². The van der Waals surface area contributed by atoms with Crippen molar-refractivity contribution >= 4 is 0 Å². The SMILES string of the molecule is Cc1ccc(OC[C@@H](O)CN[C@@H](C)c2ccccc2)c(C)c1. The van der Waals surface area contributed by atoms with Gasteiger partial charge in [0, 0.05) is 12.6 Å². The summed E-state index contributed by atoms with van der Waals surface area (Å²) in [5.41, 5.74) is 3.52. The number of aryl methyl sites for hydroxylation is 2. The van der Waals surface area contributed by atoms with Crippen LogP contribution < -0.4 is 10.1 Å². The van der Waals surface area contributed by atoms with Crippen molar-refractivity contribution < 1.29 is 9.84 Å². The summed E-state index contributed by atoms with van der Waals surface area (Å²) in [4.78, 5) is 0. The normalized spacial score (nSPS) is 13.6. The van der Waals surface area contributed by atoms with Crippen molar-refractivity contribution in [3.05, 3.63) is 65.2 Å². The Morgan fingerprint density at radius 3 is 2.50 bits per heavy atom. The summed E-state index contributed by atoms with van der Waals surface area (Å²) in [5, 5.41) is 13.4. The number of hydrogen-bond acceptors (Lipinski definition) is 3. The van der Waals surface area contributed by atoms with Crippen molar-refractivity contribution in [1.29, 1.82) is 0 Å². The van der Waals surface area contributed by atoms with Gasteiger partial charge in [0.1, 0.15) is 18.5 Å². The molecule has 0 aliphatic carbocycles. The Bertz CT molecular complexity index is 583. The zero-order chi connectivity index (χ0) is 15.9. The van der Waals surface area contributed by atoms with Gasteiger partial charge in [-0.1, -0.05) is 48.0 Å². The Balaban J connectivity index is 1.77. The maximum absolute atomic E-state index is 10.1. The van der Waals surface area contributed by atoms with Crippen molar-refractivity contribution in [3.8, 4) is 5.75 Å². The predicted molar refractivity (Wildman–Crippen MR) is 90.3 cm³/mol. The number of aliphatic hydroxyl groups excluding tert-OH is 1. The molecule has 22 heavy (non-hydrogen) atoms. The molecule has 118 valence electrons. The molecule has 0 radical (unpaired) electrons. The van der Waals surface area contributed by atoms with Gasteiger partial charge in [-0.2, -0.15) is 0 Å². The van der Waals surface area contributed by atoms with Crippen LogP contribution in [0.1, 0.15) is 29.7 Å². The molecule has 2 aromatic rings. The monoisotopic (exact) mass is 299 g/mol. The molecule has 0 saturated heterocycles. The maximum atomic E-state index is 10.1. The molecular weight excluding hydrogens is 274 g/mol. The second-order valence-electron chi connectivity index (χ2n) is 5.77. The van der Waals surface area contributed by atoms with Gasteiger partial charge < -0.3 is 15.2 Å². The van der Waals surface area contributed by atoms with E-state index in [0.29, 0.717) is 13.2 Å². The molecule has 0 spiro atoms. The Morgan fingerprint density at radius 2 is 1.82 bits per heavy atom. The zero-order valence-electron chi connectivity index (χ0n) is 13.5. The van der Waals surface area contributed by atoms with Crippen LogP contribution in [0.15, 0.2) is 48.5 Å². The highest BCUT2D eigenvalue weighted by Crippen LogP contribution is 2.18. The highest BCUT2D eigenvalue weighted by molar-refractivity contribution is 5.35. The Hall–Kier alpha value is -1.84. The largest absolute Gasteiger partial charge is 0.491 e. The zero-order valence-corrected chi connectivity index (χ0v) is 13.5. The molecule has 2 aromatic carbocycles. The molecule has 0 fully saturated rings. The van der Waals surface area contributed by atoms with Gasteiger partial charge in [-0.05, 0) is 38.0 Å². The number of rotatable bonds is 7. The highest BCUT2D eigenvalue weighted by atomic mass is 16.5. The highest BCUT2D eigenvalue weighted by Gasteiger charge is 2.10. The van der Waals surface area contributed by atoms with E-state index in [1.54, 1.807) is 0 Å². The lowest BCUT2D eigenvalue weighted by Crippen LogP contribution is -2.33. The molecule has 0 amide bonds. The van der Waals surface area contributed by atoms with Crippen LogP contribution in [0, 0.1) is 13.8 Å². The van der Waals surface area contributed by atoms with E-state index in [0.717, 1.165) is 11.3 Å². The average Bonchev–Trinajstić information content (AvgIpc) is 2.52.